The highest BCUT2D eigenvalue weighted by Crippen LogP contribution is 2.23. The molecule has 0 aliphatic carbocycles. The van der Waals surface area contributed by atoms with E-state index in [9.17, 15) is 22.8 Å². The van der Waals surface area contributed by atoms with Crippen LogP contribution in [0.15, 0.2) is 59.7 Å². The molecule has 3 rings (SSSR count). The molecule has 0 saturated carbocycles. The highest BCUT2D eigenvalue weighted by molar-refractivity contribution is 6.02. The van der Waals surface area contributed by atoms with Crippen molar-refractivity contribution in [3.8, 4) is 5.75 Å². The van der Waals surface area contributed by atoms with E-state index >= 15 is 0 Å². The number of carbonyl (C=O) groups is 2. The lowest BCUT2D eigenvalue weighted by Crippen LogP contribution is -2.28. The first-order valence-electron chi connectivity index (χ1n) is 8.28. The van der Waals surface area contributed by atoms with Crippen molar-refractivity contribution in [1.82, 2.24) is 5.01 Å². The number of hydrazone groups is 1. The minimum absolute atomic E-state index is 0.00257. The average molecular weight is 392 g/mol. The molecular weight excluding hydrogens is 377 g/mol. The number of hydrogen-bond donors (Lipinski definition) is 0. The first kappa shape index (κ1) is 19.4. The summed E-state index contributed by atoms with van der Waals surface area (Å²) in [7, 11) is 0. The minimum Gasteiger partial charge on any atom is -0.452 e. The molecule has 2 aromatic carbocycles. The van der Waals surface area contributed by atoms with Gasteiger partial charge in [0, 0.05) is 6.42 Å². The van der Waals surface area contributed by atoms with E-state index in [1.807, 2.05) is 30.3 Å². The quantitative estimate of drug-likeness (QED) is 0.732. The Hall–Kier alpha value is -3.36. The zero-order chi connectivity index (χ0) is 20.1. The number of benzene rings is 2. The van der Waals surface area contributed by atoms with Crippen molar-refractivity contribution in [1.29, 1.82) is 0 Å². The van der Waals surface area contributed by atoms with Crippen LogP contribution in [0.3, 0.4) is 0 Å². The molecule has 0 radical (unpaired) electrons. The number of alkyl halides is 3. The van der Waals surface area contributed by atoms with Crippen LogP contribution >= 0.6 is 0 Å². The topological polar surface area (TPSA) is 68.2 Å². The van der Waals surface area contributed by atoms with Gasteiger partial charge in [0.05, 0.1) is 17.8 Å². The molecule has 9 heteroatoms. The maximum atomic E-state index is 12.2. The van der Waals surface area contributed by atoms with Gasteiger partial charge in [0.1, 0.15) is 5.75 Å². The lowest BCUT2D eigenvalue weighted by Gasteiger charge is -2.12. The van der Waals surface area contributed by atoms with Gasteiger partial charge in [0.15, 0.2) is 6.61 Å². The summed E-state index contributed by atoms with van der Waals surface area (Å²) in [4.78, 5) is 24.1. The zero-order valence-corrected chi connectivity index (χ0v) is 14.5. The van der Waals surface area contributed by atoms with Gasteiger partial charge in [-0.2, -0.15) is 5.10 Å². The fourth-order valence-corrected chi connectivity index (χ4v) is 2.55. The van der Waals surface area contributed by atoms with Crippen molar-refractivity contribution >= 4 is 17.6 Å². The summed E-state index contributed by atoms with van der Waals surface area (Å²) in [5.41, 5.74) is 1.67. The van der Waals surface area contributed by atoms with E-state index < -0.39 is 30.6 Å². The third kappa shape index (κ3) is 5.09. The third-order valence-electron chi connectivity index (χ3n) is 3.85. The van der Waals surface area contributed by atoms with Gasteiger partial charge in [-0.15, -0.1) is 13.2 Å². The van der Waals surface area contributed by atoms with Crippen LogP contribution in [0.4, 0.5) is 13.2 Å². The smallest absolute Gasteiger partial charge is 0.452 e. The van der Waals surface area contributed by atoms with Crippen molar-refractivity contribution in [2.75, 3.05) is 13.2 Å². The Labute approximate surface area is 158 Å². The molecule has 0 N–H and O–H groups in total. The van der Waals surface area contributed by atoms with Crippen LogP contribution in [0.1, 0.15) is 22.3 Å². The number of nitrogens with zero attached hydrogens (tertiary/aromatic N) is 2. The Kier molecular flexibility index (Phi) is 5.62. The second kappa shape index (κ2) is 8.12. The van der Waals surface area contributed by atoms with E-state index in [4.69, 9.17) is 4.74 Å². The molecule has 0 saturated heterocycles. The van der Waals surface area contributed by atoms with Crippen molar-refractivity contribution in [2.45, 2.75) is 12.8 Å². The van der Waals surface area contributed by atoms with Gasteiger partial charge in [-0.3, -0.25) is 4.79 Å². The maximum Gasteiger partial charge on any atom is 0.573 e. The first-order chi connectivity index (χ1) is 13.3. The second-order valence-corrected chi connectivity index (χ2v) is 5.83. The Balaban J connectivity index is 1.53. The Morgan fingerprint density at radius 1 is 1.04 bits per heavy atom. The fraction of sp³-hybridized carbons (Fsp3) is 0.211. The summed E-state index contributed by atoms with van der Waals surface area (Å²) in [6.07, 6.45) is -4.23. The largest absolute Gasteiger partial charge is 0.573 e. The Morgan fingerprint density at radius 2 is 1.71 bits per heavy atom. The number of halogens is 3. The molecule has 2 aromatic rings. The van der Waals surface area contributed by atoms with Crippen LogP contribution in [-0.2, 0) is 9.53 Å². The molecule has 0 unspecified atom stereocenters. The minimum atomic E-state index is -4.82. The normalized spacial score (nSPS) is 13.8. The summed E-state index contributed by atoms with van der Waals surface area (Å²) < 4.78 is 45.0. The predicted molar refractivity (Wildman–Crippen MR) is 92.7 cm³/mol. The lowest BCUT2D eigenvalue weighted by molar-refractivity contribution is -0.274. The molecular formula is C19H15F3N2O4. The standard InChI is InChI=1S/C19H15F3N2O4/c20-19(21,22)28-15-8-6-14(7-9-15)18(26)27-12-17(25)24-11-10-16(23-24)13-4-2-1-3-5-13/h1-9H,10-12H2. The van der Waals surface area contributed by atoms with Gasteiger partial charge in [-0.25, -0.2) is 9.80 Å². The zero-order valence-electron chi connectivity index (χ0n) is 14.5. The first-order valence-corrected chi connectivity index (χ1v) is 8.28. The molecule has 0 spiro atoms. The monoisotopic (exact) mass is 392 g/mol. The van der Waals surface area contributed by atoms with Gasteiger partial charge in [-0.1, -0.05) is 30.3 Å². The molecule has 0 aromatic heterocycles. The molecule has 146 valence electrons. The molecule has 6 nitrogen and oxygen atoms in total. The highest BCUT2D eigenvalue weighted by atomic mass is 19.4. The molecule has 1 aliphatic heterocycles. The van der Waals surface area contributed by atoms with Crippen molar-refractivity contribution in [3.05, 3.63) is 65.7 Å². The molecule has 1 aliphatic rings. The molecule has 0 atom stereocenters. The van der Waals surface area contributed by atoms with Crippen molar-refractivity contribution < 1.29 is 32.2 Å². The third-order valence-corrected chi connectivity index (χ3v) is 3.85. The number of hydrogen-bond acceptors (Lipinski definition) is 5. The summed E-state index contributed by atoms with van der Waals surface area (Å²) >= 11 is 0. The number of ether oxygens (including phenoxy) is 2. The van der Waals surface area contributed by atoms with E-state index in [1.54, 1.807) is 0 Å². The average Bonchev–Trinajstić information content (AvgIpc) is 3.16. The lowest BCUT2D eigenvalue weighted by atomic mass is 10.1. The van der Waals surface area contributed by atoms with Crippen LogP contribution in [0.2, 0.25) is 0 Å². The summed E-state index contributed by atoms with van der Waals surface area (Å²) in [5.74, 6) is -1.78. The molecule has 0 bridgehead atoms. The van der Waals surface area contributed by atoms with Crippen molar-refractivity contribution in [2.24, 2.45) is 5.10 Å². The molecule has 28 heavy (non-hydrogen) atoms. The second-order valence-electron chi connectivity index (χ2n) is 5.83. The Bertz CT molecular complexity index is 880. The number of rotatable bonds is 5. The van der Waals surface area contributed by atoms with Gasteiger partial charge < -0.3 is 9.47 Å². The van der Waals surface area contributed by atoms with E-state index in [0.717, 1.165) is 35.5 Å². The van der Waals surface area contributed by atoms with Crippen LogP contribution in [0.5, 0.6) is 5.75 Å². The maximum absolute atomic E-state index is 12.2. The van der Waals surface area contributed by atoms with Crippen LogP contribution in [0.25, 0.3) is 0 Å². The number of carbonyl (C=O) groups excluding carboxylic acids is 2. The van der Waals surface area contributed by atoms with E-state index in [-0.39, 0.29) is 5.56 Å². The van der Waals surface area contributed by atoms with Gasteiger partial charge in [-0.05, 0) is 29.8 Å². The predicted octanol–water partition coefficient (Wildman–Crippen LogP) is 3.38. The van der Waals surface area contributed by atoms with Crippen molar-refractivity contribution in [3.63, 3.8) is 0 Å². The van der Waals surface area contributed by atoms with Gasteiger partial charge >= 0.3 is 12.3 Å². The van der Waals surface area contributed by atoms with E-state index in [2.05, 4.69) is 9.84 Å². The Morgan fingerprint density at radius 3 is 2.36 bits per heavy atom. The van der Waals surface area contributed by atoms with Gasteiger partial charge in [0.2, 0.25) is 0 Å². The van der Waals surface area contributed by atoms with E-state index in [1.165, 1.54) is 5.01 Å². The summed E-state index contributed by atoms with van der Waals surface area (Å²) in [6, 6.07) is 13.6. The van der Waals surface area contributed by atoms with Crippen LogP contribution < -0.4 is 4.74 Å². The summed E-state index contributed by atoms with van der Waals surface area (Å²) in [5, 5.41) is 5.47. The molecule has 1 heterocycles. The summed E-state index contributed by atoms with van der Waals surface area (Å²) in [6.45, 7) is -0.144. The SMILES string of the molecule is O=C(OCC(=O)N1CCC(c2ccccc2)=N1)c1ccc(OC(F)(F)F)cc1. The van der Waals surface area contributed by atoms with Crippen LogP contribution in [-0.4, -0.2) is 42.1 Å². The number of amides is 1. The fourth-order valence-electron chi connectivity index (χ4n) is 2.55. The van der Waals surface area contributed by atoms with Gasteiger partial charge in [0.25, 0.3) is 5.91 Å². The number of esters is 1. The van der Waals surface area contributed by atoms with E-state index in [0.29, 0.717) is 13.0 Å². The van der Waals surface area contributed by atoms with Crippen LogP contribution in [0, 0.1) is 0 Å². The highest BCUT2D eigenvalue weighted by Gasteiger charge is 2.31. The molecule has 1 amide bonds. The molecule has 0 fully saturated rings.